The van der Waals surface area contributed by atoms with E-state index in [9.17, 15) is 13.2 Å². The molecule has 1 aliphatic rings. The zero-order chi connectivity index (χ0) is 16.9. The van der Waals surface area contributed by atoms with Crippen LogP contribution < -0.4 is 10.0 Å². The maximum Gasteiger partial charge on any atom is 0.338 e. The Morgan fingerprint density at radius 2 is 1.87 bits per heavy atom. The van der Waals surface area contributed by atoms with Gasteiger partial charge in [0.15, 0.2) is 0 Å². The van der Waals surface area contributed by atoms with Crippen LogP contribution in [0.15, 0.2) is 29.2 Å². The second kappa shape index (κ2) is 7.42. The quantitative estimate of drug-likeness (QED) is 0.767. The molecule has 2 rings (SSSR count). The van der Waals surface area contributed by atoms with Gasteiger partial charge in [-0.25, -0.2) is 17.9 Å². The lowest BCUT2D eigenvalue weighted by Crippen LogP contribution is -2.42. The highest BCUT2D eigenvalue weighted by Gasteiger charge is 2.28. The predicted molar refractivity (Wildman–Crippen MR) is 87.8 cm³/mol. The number of nitrogens with one attached hydrogen (secondary N) is 2. The van der Waals surface area contributed by atoms with Gasteiger partial charge in [0.25, 0.3) is 0 Å². The summed E-state index contributed by atoms with van der Waals surface area (Å²) in [5.74, 6) is -0.452. The molecule has 2 N–H and O–H groups in total. The molecule has 1 aromatic rings. The lowest BCUT2D eigenvalue weighted by molar-refractivity contribution is 0.0526. The van der Waals surface area contributed by atoms with Gasteiger partial charge in [-0.3, -0.25) is 0 Å². The summed E-state index contributed by atoms with van der Waals surface area (Å²) >= 11 is 0. The molecule has 0 aliphatic carbocycles. The first-order valence-corrected chi connectivity index (χ1v) is 9.32. The summed E-state index contributed by atoms with van der Waals surface area (Å²) in [5, 5.41) is 3.27. The zero-order valence-corrected chi connectivity index (χ0v) is 14.4. The largest absolute Gasteiger partial charge is 0.462 e. The first-order chi connectivity index (χ1) is 10.9. The van der Waals surface area contributed by atoms with E-state index in [0.29, 0.717) is 12.1 Å². The van der Waals surface area contributed by atoms with Crippen molar-refractivity contribution in [3.63, 3.8) is 0 Å². The number of sulfonamides is 1. The Morgan fingerprint density at radius 1 is 1.26 bits per heavy atom. The summed E-state index contributed by atoms with van der Waals surface area (Å²) in [7, 11) is -3.58. The topological polar surface area (TPSA) is 84.5 Å². The van der Waals surface area contributed by atoms with Crippen molar-refractivity contribution in [1.82, 2.24) is 10.0 Å². The first kappa shape index (κ1) is 17.9. The van der Waals surface area contributed by atoms with Crippen molar-refractivity contribution in [3.8, 4) is 0 Å². The molecule has 0 spiro atoms. The van der Waals surface area contributed by atoms with Gasteiger partial charge in [0.05, 0.1) is 17.1 Å². The molecule has 7 heteroatoms. The zero-order valence-electron chi connectivity index (χ0n) is 13.6. The van der Waals surface area contributed by atoms with E-state index in [-0.39, 0.29) is 16.9 Å². The van der Waals surface area contributed by atoms with E-state index in [4.69, 9.17) is 4.74 Å². The average Bonchev–Trinajstić information content (AvgIpc) is 2.54. The molecule has 128 valence electrons. The number of piperidine rings is 1. The molecule has 0 bridgehead atoms. The summed E-state index contributed by atoms with van der Waals surface area (Å²) in [6.45, 7) is 6.34. The number of rotatable bonds is 6. The Bertz CT molecular complexity index is 635. The van der Waals surface area contributed by atoms with Crippen LogP contribution in [0.1, 0.15) is 37.0 Å². The van der Waals surface area contributed by atoms with Crippen LogP contribution in [-0.4, -0.2) is 40.6 Å². The fourth-order valence-electron chi connectivity index (χ4n) is 2.54. The van der Waals surface area contributed by atoms with Crippen molar-refractivity contribution in [2.24, 2.45) is 5.41 Å². The molecule has 0 aromatic heterocycles. The van der Waals surface area contributed by atoms with Crippen molar-refractivity contribution < 1.29 is 17.9 Å². The number of benzene rings is 1. The average molecular weight is 340 g/mol. The Kier molecular flexibility index (Phi) is 5.78. The van der Waals surface area contributed by atoms with Crippen LogP contribution in [0.5, 0.6) is 0 Å². The minimum Gasteiger partial charge on any atom is -0.462 e. The minimum absolute atomic E-state index is 0.0246. The van der Waals surface area contributed by atoms with Crippen LogP contribution in [0.2, 0.25) is 0 Å². The molecule has 0 amide bonds. The van der Waals surface area contributed by atoms with Gasteiger partial charge < -0.3 is 10.1 Å². The van der Waals surface area contributed by atoms with Crippen LogP contribution in [0.4, 0.5) is 0 Å². The Labute approximate surface area is 137 Å². The van der Waals surface area contributed by atoms with E-state index in [2.05, 4.69) is 17.0 Å². The molecule has 0 saturated carbocycles. The number of hydrogen-bond donors (Lipinski definition) is 2. The molecule has 0 radical (unpaired) electrons. The van der Waals surface area contributed by atoms with E-state index in [1.165, 1.54) is 24.3 Å². The molecule has 0 atom stereocenters. The van der Waals surface area contributed by atoms with Crippen molar-refractivity contribution in [2.45, 2.75) is 31.6 Å². The number of hydrogen-bond acceptors (Lipinski definition) is 5. The number of carbonyl (C=O) groups is 1. The van der Waals surface area contributed by atoms with Gasteiger partial charge in [0, 0.05) is 6.54 Å². The number of esters is 1. The van der Waals surface area contributed by atoms with Crippen molar-refractivity contribution in [1.29, 1.82) is 0 Å². The van der Waals surface area contributed by atoms with E-state index in [1.807, 2.05) is 0 Å². The molecule has 1 saturated heterocycles. The molecule has 6 nitrogen and oxygen atoms in total. The highest BCUT2D eigenvalue weighted by Crippen LogP contribution is 2.27. The van der Waals surface area contributed by atoms with Crippen LogP contribution in [-0.2, 0) is 14.8 Å². The van der Waals surface area contributed by atoms with Crippen LogP contribution in [0.3, 0.4) is 0 Å². The minimum atomic E-state index is -3.58. The van der Waals surface area contributed by atoms with E-state index in [0.717, 1.165) is 25.9 Å². The molecular weight excluding hydrogens is 316 g/mol. The second-order valence-corrected chi connectivity index (χ2v) is 7.90. The highest BCUT2D eigenvalue weighted by molar-refractivity contribution is 7.89. The monoisotopic (exact) mass is 340 g/mol. The van der Waals surface area contributed by atoms with Gasteiger partial charge in [-0.05, 0) is 62.5 Å². The highest BCUT2D eigenvalue weighted by atomic mass is 32.2. The van der Waals surface area contributed by atoms with Gasteiger partial charge >= 0.3 is 5.97 Å². The molecule has 1 aliphatic heterocycles. The third-order valence-corrected chi connectivity index (χ3v) is 5.59. The Balaban J connectivity index is 2.03. The summed E-state index contributed by atoms with van der Waals surface area (Å²) in [6.07, 6.45) is 1.88. The third kappa shape index (κ3) is 4.76. The second-order valence-electron chi connectivity index (χ2n) is 6.13. The molecule has 1 fully saturated rings. The van der Waals surface area contributed by atoms with Gasteiger partial charge in [-0.1, -0.05) is 6.92 Å². The maximum atomic E-state index is 12.4. The molecule has 23 heavy (non-hydrogen) atoms. The van der Waals surface area contributed by atoms with E-state index in [1.54, 1.807) is 6.92 Å². The normalized spacial score (nSPS) is 17.7. The van der Waals surface area contributed by atoms with E-state index < -0.39 is 16.0 Å². The Morgan fingerprint density at radius 3 is 2.43 bits per heavy atom. The van der Waals surface area contributed by atoms with Crippen LogP contribution >= 0.6 is 0 Å². The van der Waals surface area contributed by atoms with Crippen molar-refractivity contribution >= 4 is 16.0 Å². The number of ether oxygens (including phenoxy) is 1. The van der Waals surface area contributed by atoms with Crippen molar-refractivity contribution in [2.75, 3.05) is 26.2 Å². The first-order valence-electron chi connectivity index (χ1n) is 7.84. The molecule has 1 heterocycles. The van der Waals surface area contributed by atoms with E-state index >= 15 is 0 Å². The van der Waals surface area contributed by atoms with Crippen LogP contribution in [0, 0.1) is 5.41 Å². The third-order valence-electron chi connectivity index (χ3n) is 4.18. The lowest BCUT2D eigenvalue weighted by Gasteiger charge is -2.34. The van der Waals surface area contributed by atoms with Gasteiger partial charge in [0.1, 0.15) is 0 Å². The smallest absolute Gasteiger partial charge is 0.338 e. The summed E-state index contributed by atoms with van der Waals surface area (Å²) in [5.41, 5.74) is 0.319. The SMILES string of the molecule is CCOC(=O)c1ccc(S(=O)(=O)NCC2(C)CCNCC2)cc1. The molecular formula is C16H24N2O4S. The lowest BCUT2D eigenvalue weighted by atomic mass is 9.81. The summed E-state index contributed by atoms with van der Waals surface area (Å²) in [4.78, 5) is 11.7. The fourth-order valence-corrected chi connectivity index (χ4v) is 3.74. The van der Waals surface area contributed by atoms with Crippen LogP contribution in [0.25, 0.3) is 0 Å². The van der Waals surface area contributed by atoms with Gasteiger partial charge in [0.2, 0.25) is 10.0 Å². The summed E-state index contributed by atoms with van der Waals surface area (Å²) in [6, 6.07) is 5.80. The molecule has 0 unspecified atom stereocenters. The van der Waals surface area contributed by atoms with Gasteiger partial charge in [-0.15, -0.1) is 0 Å². The summed E-state index contributed by atoms with van der Waals surface area (Å²) < 4.78 is 32.3. The molecule has 1 aromatic carbocycles. The van der Waals surface area contributed by atoms with Gasteiger partial charge in [-0.2, -0.15) is 0 Å². The predicted octanol–water partition coefficient (Wildman–Crippen LogP) is 1.53. The fraction of sp³-hybridized carbons (Fsp3) is 0.562. The maximum absolute atomic E-state index is 12.4. The Hall–Kier alpha value is -1.44. The number of carbonyl (C=O) groups excluding carboxylic acids is 1. The standard InChI is InChI=1S/C16H24N2O4S/c1-3-22-15(19)13-4-6-14(7-5-13)23(20,21)18-12-16(2)8-10-17-11-9-16/h4-7,17-18H,3,8-12H2,1-2H3. The van der Waals surface area contributed by atoms with Crippen molar-refractivity contribution in [3.05, 3.63) is 29.8 Å².